The van der Waals surface area contributed by atoms with Gasteiger partial charge in [0.05, 0.1) is 11.2 Å². The average molecular weight is 300 g/mol. The van der Waals surface area contributed by atoms with Crippen LogP contribution in [-0.4, -0.2) is 28.0 Å². The van der Waals surface area contributed by atoms with E-state index in [2.05, 4.69) is 10.4 Å². The maximum Gasteiger partial charge on any atom is 0.291 e. The number of unbranched alkanes of at least 4 members (excludes halogenated alkanes) is 3. The summed E-state index contributed by atoms with van der Waals surface area (Å²) < 4.78 is 1.51. The normalized spacial score (nSPS) is 14.5. The monoisotopic (exact) mass is 299 g/mol. The number of aromatic nitrogens is 2. The zero-order valence-corrected chi connectivity index (χ0v) is 12.4. The van der Waals surface area contributed by atoms with Gasteiger partial charge in [-0.15, -0.1) is 0 Å². The van der Waals surface area contributed by atoms with Crippen molar-refractivity contribution in [3.63, 3.8) is 0 Å². The van der Waals surface area contributed by atoms with Gasteiger partial charge in [0, 0.05) is 19.7 Å². The predicted molar refractivity (Wildman–Crippen MR) is 80.3 cm³/mol. The van der Waals surface area contributed by atoms with Crippen molar-refractivity contribution in [1.82, 2.24) is 9.78 Å². The van der Waals surface area contributed by atoms with Crippen molar-refractivity contribution in [2.75, 3.05) is 18.5 Å². The van der Waals surface area contributed by atoms with Gasteiger partial charge in [-0.2, -0.15) is 5.10 Å². The number of aliphatic hydroxyl groups is 1. The molecule has 6 heteroatoms. The number of halogens is 1. The summed E-state index contributed by atoms with van der Waals surface area (Å²) in [5, 5.41) is 16.3. The van der Waals surface area contributed by atoms with Gasteiger partial charge in [-0.1, -0.05) is 24.4 Å². The van der Waals surface area contributed by atoms with E-state index in [0.717, 1.165) is 25.7 Å². The van der Waals surface area contributed by atoms with Crippen LogP contribution in [0, 0.1) is 5.92 Å². The molecule has 0 aromatic carbocycles. The fourth-order valence-corrected chi connectivity index (χ4v) is 2.30. The second-order valence-corrected chi connectivity index (χ2v) is 5.77. The van der Waals surface area contributed by atoms with Gasteiger partial charge < -0.3 is 10.4 Å². The summed E-state index contributed by atoms with van der Waals surface area (Å²) in [4.78, 5) is 12.2. The van der Waals surface area contributed by atoms with Crippen LogP contribution in [0.1, 0.15) is 38.5 Å². The highest BCUT2D eigenvalue weighted by atomic mass is 35.5. The van der Waals surface area contributed by atoms with E-state index in [9.17, 15) is 4.79 Å². The van der Waals surface area contributed by atoms with E-state index in [1.54, 1.807) is 6.20 Å². The summed E-state index contributed by atoms with van der Waals surface area (Å²) in [5.41, 5.74) is 0.337. The Morgan fingerprint density at radius 2 is 2.10 bits per heavy atom. The minimum Gasteiger partial charge on any atom is -0.396 e. The van der Waals surface area contributed by atoms with Gasteiger partial charge in [0.2, 0.25) is 0 Å². The molecule has 20 heavy (non-hydrogen) atoms. The lowest BCUT2D eigenvalue weighted by molar-refractivity contribution is 0.283. The van der Waals surface area contributed by atoms with Crippen LogP contribution in [0.4, 0.5) is 5.69 Å². The third-order valence-corrected chi connectivity index (χ3v) is 3.80. The lowest BCUT2D eigenvalue weighted by Crippen LogP contribution is -2.27. The molecule has 2 rings (SSSR count). The van der Waals surface area contributed by atoms with Crippen LogP contribution in [0.15, 0.2) is 11.0 Å². The van der Waals surface area contributed by atoms with Crippen molar-refractivity contribution in [2.45, 2.75) is 45.1 Å². The number of aliphatic hydroxyl groups excluding tert-OH is 1. The SMILES string of the molecule is O=c1c(NCCCCCCO)c(Cl)cnn1CC1CC1. The number of nitrogens with zero attached hydrogens (tertiary/aromatic N) is 2. The maximum absolute atomic E-state index is 12.2. The van der Waals surface area contributed by atoms with Crippen molar-refractivity contribution in [3.05, 3.63) is 21.6 Å². The van der Waals surface area contributed by atoms with Crippen LogP contribution in [0.5, 0.6) is 0 Å². The molecule has 0 radical (unpaired) electrons. The molecule has 1 aromatic rings. The molecular formula is C14H22ClN3O2. The van der Waals surface area contributed by atoms with E-state index in [-0.39, 0.29) is 12.2 Å². The van der Waals surface area contributed by atoms with Gasteiger partial charge in [0.25, 0.3) is 5.56 Å². The van der Waals surface area contributed by atoms with Crippen molar-refractivity contribution >= 4 is 17.3 Å². The lowest BCUT2D eigenvalue weighted by atomic mass is 10.2. The summed E-state index contributed by atoms with van der Waals surface area (Å²) in [6, 6.07) is 0. The summed E-state index contributed by atoms with van der Waals surface area (Å²) in [6.07, 6.45) is 7.75. The first-order chi connectivity index (χ1) is 9.72. The Bertz CT molecular complexity index is 486. The number of hydrogen-bond acceptors (Lipinski definition) is 4. The van der Waals surface area contributed by atoms with Crippen molar-refractivity contribution in [2.24, 2.45) is 5.92 Å². The van der Waals surface area contributed by atoms with E-state index in [1.165, 1.54) is 17.5 Å². The zero-order chi connectivity index (χ0) is 14.4. The molecule has 0 spiro atoms. The largest absolute Gasteiger partial charge is 0.396 e. The van der Waals surface area contributed by atoms with Crippen molar-refractivity contribution in [1.29, 1.82) is 0 Å². The second kappa shape index (κ2) is 7.64. The third-order valence-electron chi connectivity index (χ3n) is 3.51. The first-order valence-electron chi connectivity index (χ1n) is 7.32. The Morgan fingerprint density at radius 3 is 2.80 bits per heavy atom. The van der Waals surface area contributed by atoms with Crippen molar-refractivity contribution in [3.8, 4) is 0 Å². The molecule has 1 heterocycles. The summed E-state index contributed by atoms with van der Waals surface area (Å²) >= 11 is 6.04. The molecule has 1 aliphatic rings. The first-order valence-corrected chi connectivity index (χ1v) is 7.70. The van der Waals surface area contributed by atoms with Gasteiger partial charge in [-0.05, 0) is 31.6 Å². The number of nitrogens with one attached hydrogen (secondary N) is 1. The van der Waals surface area contributed by atoms with Crippen molar-refractivity contribution < 1.29 is 5.11 Å². The topological polar surface area (TPSA) is 67.2 Å². The number of rotatable bonds is 9. The van der Waals surface area contributed by atoms with Gasteiger partial charge in [0.15, 0.2) is 0 Å². The van der Waals surface area contributed by atoms with Gasteiger partial charge >= 0.3 is 0 Å². The molecule has 1 saturated carbocycles. The Kier molecular flexibility index (Phi) is 5.86. The minimum absolute atomic E-state index is 0.125. The van der Waals surface area contributed by atoms with Gasteiger partial charge in [0.1, 0.15) is 5.69 Å². The fourth-order valence-electron chi connectivity index (χ4n) is 2.11. The standard InChI is InChI=1S/C14H22ClN3O2/c15-12-9-17-18(10-11-5-6-11)14(20)13(12)16-7-3-1-2-4-8-19/h9,11,16,19H,1-8,10H2. The summed E-state index contributed by atoms with van der Waals surface area (Å²) in [6.45, 7) is 1.66. The molecule has 0 unspecified atom stereocenters. The second-order valence-electron chi connectivity index (χ2n) is 5.36. The predicted octanol–water partition coefficient (Wildman–Crippen LogP) is 2.27. The quantitative estimate of drug-likeness (QED) is 0.687. The maximum atomic E-state index is 12.2. The highest BCUT2D eigenvalue weighted by Crippen LogP contribution is 2.30. The minimum atomic E-state index is -0.125. The molecule has 0 amide bonds. The highest BCUT2D eigenvalue weighted by Gasteiger charge is 2.23. The van der Waals surface area contributed by atoms with Gasteiger partial charge in [-0.3, -0.25) is 4.79 Å². The zero-order valence-electron chi connectivity index (χ0n) is 11.6. The molecule has 0 saturated heterocycles. The Labute approximate surface area is 124 Å². The molecule has 1 fully saturated rings. The van der Waals surface area contributed by atoms with E-state index in [0.29, 0.717) is 29.7 Å². The molecule has 112 valence electrons. The van der Waals surface area contributed by atoms with Crippen LogP contribution in [0.3, 0.4) is 0 Å². The van der Waals surface area contributed by atoms with Crippen LogP contribution in [0.25, 0.3) is 0 Å². The van der Waals surface area contributed by atoms with E-state index in [1.807, 2.05) is 0 Å². The summed E-state index contributed by atoms with van der Waals surface area (Å²) in [7, 11) is 0. The average Bonchev–Trinajstić information content (AvgIpc) is 3.24. The third kappa shape index (κ3) is 4.49. The Morgan fingerprint density at radius 1 is 1.35 bits per heavy atom. The van der Waals surface area contributed by atoms with E-state index >= 15 is 0 Å². The van der Waals surface area contributed by atoms with Gasteiger partial charge in [-0.25, -0.2) is 4.68 Å². The van der Waals surface area contributed by atoms with Crippen LogP contribution < -0.4 is 10.9 Å². The van der Waals surface area contributed by atoms with E-state index < -0.39 is 0 Å². The molecule has 1 aromatic heterocycles. The molecule has 0 aliphatic heterocycles. The number of hydrogen-bond donors (Lipinski definition) is 2. The fraction of sp³-hybridized carbons (Fsp3) is 0.714. The lowest BCUT2D eigenvalue weighted by Gasteiger charge is -2.10. The van der Waals surface area contributed by atoms with Crippen LogP contribution in [-0.2, 0) is 6.54 Å². The van der Waals surface area contributed by atoms with Crippen LogP contribution in [0.2, 0.25) is 5.02 Å². The summed E-state index contributed by atoms with van der Waals surface area (Å²) in [5.74, 6) is 0.604. The highest BCUT2D eigenvalue weighted by molar-refractivity contribution is 6.32. The van der Waals surface area contributed by atoms with E-state index in [4.69, 9.17) is 16.7 Å². The number of anilines is 1. The molecule has 0 bridgehead atoms. The smallest absolute Gasteiger partial charge is 0.291 e. The molecule has 1 aliphatic carbocycles. The molecule has 2 N–H and O–H groups in total. The molecule has 0 atom stereocenters. The Balaban J connectivity index is 1.87. The first kappa shape index (κ1) is 15.3. The molecular weight excluding hydrogens is 278 g/mol. The Hall–Kier alpha value is -1.07. The van der Waals surface area contributed by atoms with Crippen LogP contribution >= 0.6 is 11.6 Å². The molecule has 5 nitrogen and oxygen atoms in total.